The Morgan fingerprint density at radius 1 is 1.27 bits per heavy atom. The van der Waals surface area contributed by atoms with Gasteiger partial charge in [-0.15, -0.1) is 0 Å². The third kappa shape index (κ3) is 8.88. The van der Waals surface area contributed by atoms with Crippen LogP contribution >= 0.6 is 0 Å². The van der Waals surface area contributed by atoms with E-state index in [9.17, 15) is 0 Å². The third-order valence-corrected chi connectivity index (χ3v) is 2.86. The second-order valence-corrected chi connectivity index (χ2v) is 5.28. The summed E-state index contributed by atoms with van der Waals surface area (Å²) in [6.45, 7) is 11.2. The van der Waals surface area contributed by atoms with Gasteiger partial charge in [-0.25, -0.2) is 0 Å². The van der Waals surface area contributed by atoms with Gasteiger partial charge in [0.15, 0.2) is 0 Å². The van der Waals surface area contributed by atoms with Gasteiger partial charge in [0.2, 0.25) is 0 Å². The minimum Gasteiger partial charge on any atom is -0.385 e. The maximum absolute atomic E-state index is 5.06. The molecule has 2 heteroatoms. The van der Waals surface area contributed by atoms with Gasteiger partial charge >= 0.3 is 0 Å². The zero-order valence-electron chi connectivity index (χ0n) is 11.2. The van der Waals surface area contributed by atoms with Crippen LogP contribution in [-0.2, 0) is 4.74 Å². The fourth-order valence-corrected chi connectivity index (χ4v) is 2.20. The standard InChI is InChI=1S/C13H29NO/c1-6-14-12(2)11-13(3,4)9-7-8-10-15-5/h12,14H,6-11H2,1-5H3. The van der Waals surface area contributed by atoms with Crippen molar-refractivity contribution in [2.24, 2.45) is 5.41 Å². The van der Waals surface area contributed by atoms with Crippen molar-refractivity contribution in [3.05, 3.63) is 0 Å². The molecule has 92 valence electrons. The Balaban J connectivity index is 3.65. The normalized spacial score (nSPS) is 14.2. The van der Waals surface area contributed by atoms with Crippen molar-refractivity contribution >= 4 is 0 Å². The number of ether oxygens (including phenoxy) is 1. The smallest absolute Gasteiger partial charge is 0.0462 e. The molecule has 0 aromatic heterocycles. The van der Waals surface area contributed by atoms with Crippen LogP contribution in [0.15, 0.2) is 0 Å². The maximum Gasteiger partial charge on any atom is 0.0462 e. The molecule has 0 aromatic rings. The second kappa shape index (κ2) is 8.12. The van der Waals surface area contributed by atoms with Gasteiger partial charge in [0.1, 0.15) is 0 Å². The molecule has 0 aliphatic rings. The predicted molar refractivity (Wildman–Crippen MR) is 67.3 cm³/mol. The first kappa shape index (κ1) is 14.9. The number of methoxy groups -OCH3 is 1. The summed E-state index contributed by atoms with van der Waals surface area (Å²) >= 11 is 0. The molecule has 1 N–H and O–H groups in total. The Kier molecular flexibility index (Phi) is 8.07. The highest BCUT2D eigenvalue weighted by Gasteiger charge is 2.19. The lowest BCUT2D eigenvalue weighted by Gasteiger charge is -2.28. The number of rotatable bonds is 9. The van der Waals surface area contributed by atoms with Crippen molar-refractivity contribution in [3.63, 3.8) is 0 Å². The second-order valence-electron chi connectivity index (χ2n) is 5.28. The molecule has 0 aliphatic carbocycles. The van der Waals surface area contributed by atoms with E-state index in [4.69, 9.17) is 4.74 Å². The first-order valence-corrected chi connectivity index (χ1v) is 6.24. The lowest BCUT2D eigenvalue weighted by molar-refractivity contribution is 0.182. The number of hydrogen-bond donors (Lipinski definition) is 1. The summed E-state index contributed by atoms with van der Waals surface area (Å²) in [5.74, 6) is 0. The molecule has 0 amide bonds. The van der Waals surface area contributed by atoms with E-state index in [0.29, 0.717) is 11.5 Å². The van der Waals surface area contributed by atoms with E-state index >= 15 is 0 Å². The van der Waals surface area contributed by atoms with Gasteiger partial charge in [-0.1, -0.05) is 27.2 Å². The predicted octanol–water partition coefficient (Wildman–Crippen LogP) is 3.22. The molecule has 1 unspecified atom stereocenters. The van der Waals surface area contributed by atoms with Crippen LogP contribution in [0.3, 0.4) is 0 Å². The molecule has 0 heterocycles. The Morgan fingerprint density at radius 2 is 1.93 bits per heavy atom. The summed E-state index contributed by atoms with van der Waals surface area (Å²) < 4.78 is 5.06. The van der Waals surface area contributed by atoms with Crippen LogP contribution in [0.25, 0.3) is 0 Å². The molecule has 0 spiro atoms. The van der Waals surface area contributed by atoms with Crippen LogP contribution < -0.4 is 5.32 Å². The zero-order chi connectivity index (χ0) is 11.7. The Morgan fingerprint density at radius 3 is 2.47 bits per heavy atom. The van der Waals surface area contributed by atoms with E-state index in [0.717, 1.165) is 13.2 Å². The first-order valence-electron chi connectivity index (χ1n) is 6.24. The molecule has 15 heavy (non-hydrogen) atoms. The SMILES string of the molecule is CCNC(C)CC(C)(C)CCCCOC. The molecule has 2 nitrogen and oxygen atoms in total. The van der Waals surface area contributed by atoms with Gasteiger partial charge < -0.3 is 10.1 Å². The molecular weight excluding hydrogens is 186 g/mol. The molecule has 0 fully saturated rings. The molecule has 0 rings (SSSR count). The van der Waals surface area contributed by atoms with Gasteiger partial charge in [-0.3, -0.25) is 0 Å². The molecular formula is C13H29NO. The average Bonchev–Trinajstić information content (AvgIpc) is 2.12. The Bertz CT molecular complexity index is 145. The summed E-state index contributed by atoms with van der Waals surface area (Å²) in [6.07, 6.45) is 5.02. The van der Waals surface area contributed by atoms with Gasteiger partial charge in [0.05, 0.1) is 0 Å². The Labute approximate surface area is 95.8 Å². The van der Waals surface area contributed by atoms with Gasteiger partial charge in [-0.05, 0) is 38.1 Å². The maximum atomic E-state index is 5.06. The summed E-state index contributed by atoms with van der Waals surface area (Å²) in [6, 6.07) is 0.632. The fourth-order valence-electron chi connectivity index (χ4n) is 2.20. The highest BCUT2D eigenvalue weighted by Crippen LogP contribution is 2.28. The van der Waals surface area contributed by atoms with Crippen molar-refractivity contribution in [1.29, 1.82) is 0 Å². The fraction of sp³-hybridized carbons (Fsp3) is 1.00. The van der Waals surface area contributed by atoms with E-state index in [-0.39, 0.29) is 0 Å². The van der Waals surface area contributed by atoms with Crippen LogP contribution in [-0.4, -0.2) is 26.3 Å². The Hall–Kier alpha value is -0.0800. The molecule has 1 atom stereocenters. The minimum absolute atomic E-state index is 0.454. The highest BCUT2D eigenvalue weighted by molar-refractivity contribution is 4.74. The number of hydrogen-bond acceptors (Lipinski definition) is 2. The molecule has 0 aliphatic heterocycles. The molecule has 0 aromatic carbocycles. The van der Waals surface area contributed by atoms with Gasteiger partial charge in [0.25, 0.3) is 0 Å². The van der Waals surface area contributed by atoms with E-state index in [1.807, 2.05) is 0 Å². The first-order chi connectivity index (χ1) is 7.02. The summed E-state index contributed by atoms with van der Waals surface area (Å²) in [4.78, 5) is 0. The van der Waals surface area contributed by atoms with Crippen molar-refractivity contribution in [1.82, 2.24) is 5.32 Å². The number of unbranched alkanes of at least 4 members (excludes halogenated alkanes) is 1. The van der Waals surface area contributed by atoms with Crippen molar-refractivity contribution in [2.75, 3.05) is 20.3 Å². The van der Waals surface area contributed by atoms with Crippen LogP contribution in [0.4, 0.5) is 0 Å². The lowest BCUT2D eigenvalue weighted by atomic mass is 9.81. The summed E-state index contributed by atoms with van der Waals surface area (Å²) in [5, 5.41) is 3.48. The molecule has 0 radical (unpaired) electrons. The van der Waals surface area contributed by atoms with Crippen LogP contribution in [0, 0.1) is 5.41 Å². The van der Waals surface area contributed by atoms with Crippen molar-refractivity contribution in [2.45, 2.75) is 59.4 Å². The van der Waals surface area contributed by atoms with Gasteiger partial charge in [0, 0.05) is 19.8 Å². The van der Waals surface area contributed by atoms with E-state index in [1.165, 1.54) is 25.7 Å². The van der Waals surface area contributed by atoms with E-state index in [2.05, 4.69) is 33.0 Å². The largest absolute Gasteiger partial charge is 0.385 e. The average molecular weight is 215 g/mol. The van der Waals surface area contributed by atoms with Crippen LogP contribution in [0.5, 0.6) is 0 Å². The van der Waals surface area contributed by atoms with Crippen LogP contribution in [0.1, 0.15) is 53.4 Å². The third-order valence-electron chi connectivity index (χ3n) is 2.86. The zero-order valence-corrected chi connectivity index (χ0v) is 11.2. The lowest BCUT2D eigenvalue weighted by Crippen LogP contribution is -2.31. The van der Waals surface area contributed by atoms with Crippen molar-refractivity contribution in [3.8, 4) is 0 Å². The number of nitrogens with one attached hydrogen (secondary N) is 1. The molecule has 0 saturated heterocycles. The quantitative estimate of drug-likeness (QED) is 0.596. The topological polar surface area (TPSA) is 21.3 Å². The van der Waals surface area contributed by atoms with E-state index < -0.39 is 0 Å². The highest BCUT2D eigenvalue weighted by atomic mass is 16.5. The monoisotopic (exact) mass is 215 g/mol. The molecule has 0 saturated carbocycles. The van der Waals surface area contributed by atoms with E-state index in [1.54, 1.807) is 7.11 Å². The molecule has 0 bridgehead atoms. The minimum atomic E-state index is 0.454. The van der Waals surface area contributed by atoms with Crippen molar-refractivity contribution < 1.29 is 4.74 Å². The summed E-state index contributed by atoms with van der Waals surface area (Å²) in [7, 11) is 1.78. The summed E-state index contributed by atoms with van der Waals surface area (Å²) in [5.41, 5.74) is 0.454. The van der Waals surface area contributed by atoms with Crippen LogP contribution in [0.2, 0.25) is 0 Å². The van der Waals surface area contributed by atoms with Gasteiger partial charge in [-0.2, -0.15) is 0 Å².